The van der Waals surface area contributed by atoms with Crippen LogP contribution in [0.2, 0.25) is 0 Å². The number of benzene rings is 1. The van der Waals surface area contributed by atoms with E-state index in [1.165, 1.54) is 18.4 Å². The molecule has 2 N–H and O–H groups in total. The predicted octanol–water partition coefficient (Wildman–Crippen LogP) is 2.25. The normalized spacial score (nSPS) is 16.0. The molecule has 1 atom stereocenters. The molecule has 2 aromatic rings. The number of amides is 1. The second-order valence-electron chi connectivity index (χ2n) is 6.26. The van der Waals surface area contributed by atoms with Gasteiger partial charge in [-0.3, -0.25) is 14.5 Å². The van der Waals surface area contributed by atoms with Crippen molar-refractivity contribution in [2.45, 2.75) is 25.8 Å². The summed E-state index contributed by atoms with van der Waals surface area (Å²) in [5.41, 5.74) is 1.76. The lowest BCUT2D eigenvalue weighted by Gasteiger charge is -2.28. The fourth-order valence-electron chi connectivity index (χ4n) is 3.22. The molecule has 5 heteroatoms. The number of aryl methyl sites for hydroxylation is 1. The Bertz CT molecular complexity index is 749. The summed E-state index contributed by atoms with van der Waals surface area (Å²) in [7, 11) is 0. The van der Waals surface area contributed by atoms with Crippen molar-refractivity contribution in [3.05, 3.63) is 69.6 Å². The van der Waals surface area contributed by atoms with E-state index in [1.807, 2.05) is 18.2 Å². The number of rotatable bonds is 5. The molecule has 0 saturated carbocycles. The number of hydrogen-bond donors (Lipinski definition) is 2. The van der Waals surface area contributed by atoms with Gasteiger partial charge in [-0.25, -0.2) is 0 Å². The first-order chi connectivity index (χ1) is 11.6. The third-order valence-electron chi connectivity index (χ3n) is 4.52. The molecule has 1 aliphatic rings. The maximum Gasteiger partial charge on any atom is 0.260 e. The minimum atomic E-state index is -0.343. The maximum absolute atomic E-state index is 12.4. The van der Waals surface area contributed by atoms with Crippen LogP contribution in [0.25, 0.3) is 0 Å². The quantitative estimate of drug-likeness (QED) is 0.886. The number of nitrogens with zero attached hydrogens (tertiary/aromatic N) is 1. The molecular weight excluding hydrogens is 302 g/mol. The van der Waals surface area contributed by atoms with Crippen molar-refractivity contribution in [1.29, 1.82) is 0 Å². The fraction of sp³-hybridized carbons (Fsp3) is 0.368. The average Bonchev–Trinajstić information content (AvgIpc) is 3.10. The average molecular weight is 325 g/mol. The zero-order chi connectivity index (χ0) is 16.9. The number of likely N-dealkylation sites (tertiary alicyclic amines) is 1. The van der Waals surface area contributed by atoms with E-state index >= 15 is 0 Å². The minimum Gasteiger partial charge on any atom is -0.350 e. The molecule has 1 fully saturated rings. The van der Waals surface area contributed by atoms with E-state index in [0.717, 1.165) is 18.8 Å². The molecule has 1 aromatic heterocycles. The van der Waals surface area contributed by atoms with E-state index in [9.17, 15) is 9.59 Å². The number of carbonyl (C=O) groups excluding carboxylic acids is 1. The highest BCUT2D eigenvalue weighted by molar-refractivity contribution is 5.93. The van der Waals surface area contributed by atoms with Gasteiger partial charge in [0.2, 0.25) is 0 Å². The van der Waals surface area contributed by atoms with Crippen molar-refractivity contribution in [3.63, 3.8) is 0 Å². The van der Waals surface area contributed by atoms with Gasteiger partial charge in [-0.15, -0.1) is 0 Å². The van der Waals surface area contributed by atoms with Gasteiger partial charge < -0.3 is 10.3 Å². The van der Waals surface area contributed by atoms with E-state index in [-0.39, 0.29) is 23.1 Å². The van der Waals surface area contributed by atoms with Gasteiger partial charge in [0.25, 0.3) is 11.5 Å². The summed E-state index contributed by atoms with van der Waals surface area (Å²) < 4.78 is 0. The molecule has 1 aliphatic heterocycles. The first kappa shape index (κ1) is 16.5. The molecule has 24 heavy (non-hydrogen) atoms. The van der Waals surface area contributed by atoms with Crippen LogP contribution in [0.1, 0.15) is 40.5 Å². The molecular formula is C19H23N3O2. The van der Waals surface area contributed by atoms with E-state index in [4.69, 9.17) is 0 Å². The van der Waals surface area contributed by atoms with E-state index in [1.54, 1.807) is 19.1 Å². The predicted molar refractivity (Wildman–Crippen MR) is 94.1 cm³/mol. The lowest BCUT2D eigenvalue weighted by molar-refractivity contribution is 0.0936. The summed E-state index contributed by atoms with van der Waals surface area (Å²) in [5, 5.41) is 2.93. The topological polar surface area (TPSA) is 65.2 Å². The van der Waals surface area contributed by atoms with Crippen LogP contribution >= 0.6 is 0 Å². The molecule has 126 valence electrons. The van der Waals surface area contributed by atoms with Crippen LogP contribution < -0.4 is 10.9 Å². The second kappa shape index (κ2) is 7.45. The van der Waals surface area contributed by atoms with Crippen LogP contribution in [0, 0.1) is 6.92 Å². The van der Waals surface area contributed by atoms with Crippen molar-refractivity contribution in [2.24, 2.45) is 0 Å². The third-order valence-corrected chi connectivity index (χ3v) is 4.52. The van der Waals surface area contributed by atoms with Crippen LogP contribution in [-0.2, 0) is 0 Å². The van der Waals surface area contributed by atoms with Gasteiger partial charge in [-0.2, -0.15) is 0 Å². The molecule has 0 bridgehead atoms. The smallest absolute Gasteiger partial charge is 0.260 e. The van der Waals surface area contributed by atoms with Crippen molar-refractivity contribution in [3.8, 4) is 0 Å². The number of H-pyrrole nitrogens is 1. The Morgan fingerprint density at radius 1 is 1.17 bits per heavy atom. The van der Waals surface area contributed by atoms with Crippen LogP contribution in [0.5, 0.6) is 0 Å². The number of pyridine rings is 1. The summed E-state index contributed by atoms with van der Waals surface area (Å²) in [5.74, 6) is -0.323. The monoisotopic (exact) mass is 325 g/mol. The Balaban J connectivity index is 1.73. The van der Waals surface area contributed by atoms with Gasteiger partial charge in [-0.05, 0) is 50.6 Å². The fourth-order valence-corrected chi connectivity index (χ4v) is 3.22. The number of carbonyl (C=O) groups is 1. The molecule has 1 aromatic carbocycles. The van der Waals surface area contributed by atoms with Gasteiger partial charge in [0.05, 0.1) is 6.04 Å². The maximum atomic E-state index is 12.4. The SMILES string of the molecule is Cc1ccc(C(=O)NCC(c2ccccc2)N2CCCC2)c(=O)[nH]1. The van der Waals surface area contributed by atoms with Crippen molar-refractivity contribution in [1.82, 2.24) is 15.2 Å². The first-order valence-electron chi connectivity index (χ1n) is 8.42. The van der Waals surface area contributed by atoms with E-state index < -0.39 is 0 Å². The van der Waals surface area contributed by atoms with E-state index in [2.05, 4.69) is 27.3 Å². The summed E-state index contributed by atoms with van der Waals surface area (Å²) in [4.78, 5) is 29.4. The highest BCUT2D eigenvalue weighted by Gasteiger charge is 2.24. The molecule has 1 saturated heterocycles. The molecule has 1 unspecified atom stereocenters. The minimum absolute atomic E-state index is 0.141. The van der Waals surface area contributed by atoms with Gasteiger partial charge in [0.1, 0.15) is 5.56 Å². The lowest BCUT2D eigenvalue weighted by atomic mass is 10.1. The lowest BCUT2D eigenvalue weighted by Crippen LogP contribution is -2.38. The first-order valence-corrected chi connectivity index (χ1v) is 8.42. The van der Waals surface area contributed by atoms with Gasteiger partial charge in [0.15, 0.2) is 0 Å². The second-order valence-corrected chi connectivity index (χ2v) is 6.26. The van der Waals surface area contributed by atoms with Crippen LogP contribution in [-0.4, -0.2) is 35.4 Å². The van der Waals surface area contributed by atoms with Gasteiger partial charge in [-0.1, -0.05) is 30.3 Å². The third kappa shape index (κ3) is 3.74. The molecule has 0 aliphatic carbocycles. The Morgan fingerprint density at radius 2 is 1.88 bits per heavy atom. The summed E-state index contributed by atoms with van der Waals surface area (Å²) in [6.07, 6.45) is 2.38. The van der Waals surface area contributed by atoms with Gasteiger partial charge >= 0.3 is 0 Å². The van der Waals surface area contributed by atoms with Crippen LogP contribution in [0.4, 0.5) is 0 Å². The number of hydrogen-bond acceptors (Lipinski definition) is 3. The Labute approximate surface area is 141 Å². The highest BCUT2D eigenvalue weighted by Crippen LogP contribution is 2.24. The van der Waals surface area contributed by atoms with Gasteiger partial charge in [0, 0.05) is 12.2 Å². The largest absolute Gasteiger partial charge is 0.350 e. The zero-order valence-electron chi connectivity index (χ0n) is 13.9. The van der Waals surface area contributed by atoms with Crippen LogP contribution in [0.15, 0.2) is 47.3 Å². The van der Waals surface area contributed by atoms with Crippen LogP contribution in [0.3, 0.4) is 0 Å². The number of aromatic nitrogens is 1. The summed E-state index contributed by atoms with van der Waals surface area (Å²) >= 11 is 0. The summed E-state index contributed by atoms with van der Waals surface area (Å²) in [6, 6.07) is 13.7. The zero-order valence-corrected chi connectivity index (χ0v) is 13.9. The number of nitrogens with one attached hydrogen (secondary N) is 2. The summed E-state index contributed by atoms with van der Waals surface area (Å²) in [6.45, 7) is 4.37. The molecule has 0 radical (unpaired) electrons. The standard InChI is InChI=1S/C19H23N3O2/c1-14-9-10-16(19(24)21-14)18(23)20-13-17(22-11-5-6-12-22)15-7-3-2-4-8-15/h2-4,7-10,17H,5-6,11-13H2,1H3,(H,20,23)(H,21,24). The van der Waals surface area contributed by atoms with E-state index in [0.29, 0.717) is 6.54 Å². The molecule has 2 heterocycles. The molecule has 1 amide bonds. The Kier molecular flexibility index (Phi) is 5.11. The van der Waals surface area contributed by atoms with Crippen molar-refractivity contribution >= 4 is 5.91 Å². The molecule has 5 nitrogen and oxygen atoms in total. The van der Waals surface area contributed by atoms with Crippen molar-refractivity contribution < 1.29 is 4.79 Å². The Morgan fingerprint density at radius 3 is 2.54 bits per heavy atom. The number of aromatic amines is 1. The highest BCUT2D eigenvalue weighted by atomic mass is 16.2. The molecule has 3 rings (SSSR count). The Hall–Kier alpha value is -2.40. The molecule has 0 spiro atoms. The van der Waals surface area contributed by atoms with Crippen molar-refractivity contribution in [2.75, 3.05) is 19.6 Å².